The van der Waals surface area contributed by atoms with Crippen molar-refractivity contribution >= 4 is 17.3 Å². The molecule has 4 nitrogen and oxygen atoms in total. The number of aromatic nitrogens is 1. The first-order chi connectivity index (χ1) is 7.16. The van der Waals surface area contributed by atoms with Gasteiger partial charge in [-0.05, 0) is 13.0 Å². The van der Waals surface area contributed by atoms with Crippen LogP contribution < -0.4 is 0 Å². The first-order valence-electron chi connectivity index (χ1n) is 4.37. The van der Waals surface area contributed by atoms with Crippen LogP contribution in [0.4, 0.5) is 0 Å². The monoisotopic (exact) mass is 223 g/mol. The normalized spacial score (nSPS) is 10.5. The van der Waals surface area contributed by atoms with Crippen LogP contribution in [-0.2, 0) is 11.2 Å². The topological polar surface area (TPSA) is 63.3 Å². The molecule has 2 aromatic heterocycles. The summed E-state index contributed by atoms with van der Waals surface area (Å²) in [4.78, 5) is 14.7. The number of nitrogens with zero attached hydrogens (tertiary/aromatic N) is 1. The van der Waals surface area contributed by atoms with Gasteiger partial charge in [-0.15, -0.1) is 11.3 Å². The van der Waals surface area contributed by atoms with Crippen molar-refractivity contribution in [1.29, 1.82) is 0 Å². The number of rotatable bonds is 3. The molecule has 1 N–H and O–H groups in total. The molecule has 0 saturated carbocycles. The first kappa shape index (κ1) is 9.92. The highest BCUT2D eigenvalue weighted by atomic mass is 32.1. The van der Waals surface area contributed by atoms with Crippen molar-refractivity contribution < 1.29 is 14.3 Å². The van der Waals surface area contributed by atoms with Gasteiger partial charge in [0.25, 0.3) is 0 Å². The van der Waals surface area contributed by atoms with Crippen molar-refractivity contribution in [2.45, 2.75) is 13.3 Å². The zero-order valence-electron chi connectivity index (χ0n) is 8.06. The fourth-order valence-corrected chi connectivity index (χ4v) is 2.17. The minimum Gasteiger partial charge on any atom is -0.481 e. The highest BCUT2D eigenvalue weighted by Crippen LogP contribution is 2.27. The number of carboxylic acid groups (broad SMARTS) is 1. The lowest BCUT2D eigenvalue weighted by atomic mass is 10.3. The third-order valence-electron chi connectivity index (χ3n) is 1.97. The summed E-state index contributed by atoms with van der Waals surface area (Å²) in [5, 5.41) is 11.2. The highest BCUT2D eigenvalue weighted by molar-refractivity contribution is 7.13. The van der Waals surface area contributed by atoms with Crippen molar-refractivity contribution in [2.75, 3.05) is 0 Å². The molecule has 0 fully saturated rings. The third-order valence-corrected chi connectivity index (χ3v) is 2.90. The van der Waals surface area contributed by atoms with Crippen LogP contribution in [0.1, 0.15) is 11.5 Å². The summed E-state index contributed by atoms with van der Waals surface area (Å²) < 4.78 is 5.16. The smallest absolute Gasteiger partial charge is 0.309 e. The van der Waals surface area contributed by atoms with E-state index >= 15 is 0 Å². The minimum absolute atomic E-state index is 0.0343. The fourth-order valence-electron chi connectivity index (χ4n) is 1.27. The number of hydrogen-bond acceptors (Lipinski definition) is 4. The Bertz CT molecular complexity index is 486. The van der Waals surface area contributed by atoms with Crippen molar-refractivity contribution in [2.24, 2.45) is 0 Å². The Kier molecular flexibility index (Phi) is 2.55. The van der Waals surface area contributed by atoms with E-state index in [0.29, 0.717) is 5.69 Å². The van der Waals surface area contributed by atoms with Gasteiger partial charge in [0, 0.05) is 5.38 Å². The molecular formula is C10H9NO3S. The van der Waals surface area contributed by atoms with E-state index in [9.17, 15) is 4.79 Å². The van der Waals surface area contributed by atoms with E-state index in [4.69, 9.17) is 9.52 Å². The maximum absolute atomic E-state index is 10.5. The average Bonchev–Trinajstić information content (AvgIpc) is 2.72. The highest BCUT2D eigenvalue weighted by Gasteiger charge is 2.10. The molecule has 5 heteroatoms. The fraction of sp³-hybridized carbons (Fsp3) is 0.200. The molecule has 2 rings (SSSR count). The molecule has 0 spiro atoms. The second-order valence-corrected chi connectivity index (χ2v) is 3.96. The summed E-state index contributed by atoms with van der Waals surface area (Å²) in [5.41, 5.74) is 1.51. The summed E-state index contributed by atoms with van der Waals surface area (Å²) in [7, 11) is 0. The number of aliphatic carboxylic acids is 1. The van der Waals surface area contributed by atoms with Crippen LogP contribution in [-0.4, -0.2) is 16.1 Å². The predicted molar refractivity (Wildman–Crippen MR) is 55.9 cm³/mol. The Balaban J connectivity index is 2.28. The maximum atomic E-state index is 10.5. The number of thiazole rings is 1. The molecule has 0 radical (unpaired) electrons. The molecule has 0 aliphatic rings. The van der Waals surface area contributed by atoms with Gasteiger partial charge in [0.1, 0.15) is 10.8 Å². The zero-order chi connectivity index (χ0) is 10.8. The summed E-state index contributed by atoms with van der Waals surface area (Å²) in [6, 6.07) is 1.83. The van der Waals surface area contributed by atoms with E-state index < -0.39 is 5.97 Å². The number of hydrogen-bond donors (Lipinski definition) is 1. The Hall–Kier alpha value is -1.62. The maximum Gasteiger partial charge on any atom is 0.309 e. The van der Waals surface area contributed by atoms with Gasteiger partial charge in [-0.2, -0.15) is 0 Å². The molecule has 0 aliphatic heterocycles. The SMILES string of the molecule is Cc1occc1-c1nc(CC(=O)O)cs1. The molecule has 0 unspecified atom stereocenters. The van der Waals surface area contributed by atoms with E-state index in [0.717, 1.165) is 16.3 Å². The van der Waals surface area contributed by atoms with Crippen LogP contribution >= 0.6 is 11.3 Å². The molecule has 0 saturated heterocycles. The Morgan fingerprint density at radius 1 is 1.67 bits per heavy atom. The molecule has 0 amide bonds. The molecule has 0 bridgehead atoms. The van der Waals surface area contributed by atoms with Crippen LogP contribution in [0, 0.1) is 6.92 Å². The predicted octanol–water partition coefficient (Wildman–Crippen LogP) is 2.34. The van der Waals surface area contributed by atoms with E-state index in [-0.39, 0.29) is 6.42 Å². The van der Waals surface area contributed by atoms with Crippen molar-refractivity contribution in [1.82, 2.24) is 4.98 Å². The molecule has 0 aliphatic carbocycles. The van der Waals surface area contributed by atoms with Gasteiger partial charge < -0.3 is 9.52 Å². The summed E-state index contributed by atoms with van der Waals surface area (Å²) >= 11 is 1.43. The Labute approximate surface area is 90.2 Å². The summed E-state index contributed by atoms with van der Waals surface area (Å²) in [6.07, 6.45) is 1.57. The lowest BCUT2D eigenvalue weighted by molar-refractivity contribution is -0.136. The number of aryl methyl sites for hydroxylation is 1. The van der Waals surface area contributed by atoms with E-state index in [1.165, 1.54) is 11.3 Å². The lowest BCUT2D eigenvalue weighted by Gasteiger charge is -1.91. The third kappa shape index (κ3) is 2.07. The second-order valence-electron chi connectivity index (χ2n) is 3.10. The minimum atomic E-state index is -0.865. The van der Waals surface area contributed by atoms with Gasteiger partial charge in [0.2, 0.25) is 0 Å². The zero-order valence-corrected chi connectivity index (χ0v) is 8.87. The average molecular weight is 223 g/mol. The van der Waals surface area contributed by atoms with Crippen LogP contribution in [0.25, 0.3) is 10.6 Å². The molecule has 15 heavy (non-hydrogen) atoms. The summed E-state index contributed by atoms with van der Waals surface area (Å²) in [6.45, 7) is 1.85. The van der Waals surface area contributed by atoms with Gasteiger partial charge in [0.15, 0.2) is 0 Å². The van der Waals surface area contributed by atoms with Gasteiger partial charge >= 0.3 is 5.97 Å². The van der Waals surface area contributed by atoms with Gasteiger partial charge in [-0.3, -0.25) is 4.79 Å². The molecule has 0 aromatic carbocycles. The number of carbonyl (C=O) groups is 1. The summed E-state index contributed by atoms with van der Waals surface area (Å²) in [5.74, 6) is -0.0676. The van der Waals surface area contributed by atoms with Crippen molar-refractivity contribution in [3.63, 3.8) is 0 Å². The molecule has 2 heterocycles. The van der Waals surface area contributed by atoms with Gasteiger partial charge in [-0.1, -0.05) is 0 Å². The largest absolute Gasteiger partial charge is 0.481 e. The molecular weight excluding hydrogens is 214 g/mol. The first-order valence-corrected chi connectivity index (χ1v) is 5.25. The standard InChI is InChI=1S/C10H9NO3S/c1-6-8(2-3-14-6)10-11-7(5-15-10)4-9(12)13/h2-3,5H,4H2,1H3,(H,12,13). The lowest BCUT2D eigenvalue weighted by Crippen LogP contribution is -1.99. The van der Waals surface area contributed by atoms with Crippen molar-refractivity contribution in [3.05, 3.63) is 29.2 Å². The van der Waals surface area contributed by atoms with Gasteiger partial charge in [0.05, 0.1) is 23.9 Å². The van der Waals surface area contributed by atoms with Crippen molar-refractivity contribution in [3.8, 4) is 10.6 Å². The van der Waals surface area contributed by atoms with Crippen LogP contribution in [0.2, 0.25) is 0 Å². The molecule has 0 atom stereocenters. The Morgan fingerprint density at radius 3 is 3.07 bits per heavy atom. The van der Waals surface area contributed by atoms with Crippen LogP contribution in [0.5, 0.6) is 0 Å². The van der Waals surface area contributed by atoms with E-state index in [2.05, 4.69) is 4.98 Å². The van der Waals surface area contributed by atoms with Crippen LogP contribution in [0.3, 0.4) is 0 Å². The van der Waals surface area contributed by atoms with E-state index in [1.807, 2.05) is 13.0 Å². The molecule has 2 aromatic rings. The van der Waals surface area contributed by atoms with Crippen LogP contribution in [0.15, 0.2) is 22.1 Å². The second kappa shape index (κ2) is 3.86. The van der Waals surface area contributed by atoms with Gasteiger partial charge in [-0.25, -0.2) is 4.98 Å². The number of furan rings is 1. The number of carboxylic acids is 1. The molecule has 78 valence electrons. The Morgan fingerprint density at radius 2 is 2.47 bits per heavy atom. The van der Waals surface area contributed by atoms with E-state index in [1.54, 1.807) is 11.6 Å². The quantitative estimate of drug-likeness (QED) is 0.867.